The highest BCUT2D eigenvalue weighted by atomic mass is 127. The summed E-state index contributed by atoms with van der Waals surface area (Å²) in [6.07, 6.45) is 6.72. The lowest BCUT2D eigenvalue weighted by atomic mass is 9.68. The summed E-state index contributed by atoms with van der Waals surface area (Å²) in [6, 6.07) is 8.34. The minimum atomic E-state index is 0. The summed E-state index contributed by atoms with van der Waals surface area (Å²) >= 11 is 0. The number of hydrogen-bond donors (Lipinski definition) is 1. The second-order valence-electron chi connectivity index (χ2n) is 7.27. The fourth-order valence-electron chi connectivity index (χ4n) is 4.17. The molecule has 24 heavy (non-hydrogen) atoms. The number of nitrogens with zero attached hydrogens (tertiary/aromatic N) is 2. The van der Waals surface area contributed by atoms with E-state index in [2.05, 4.69) is 35.3 Å². The van der Waals surface area contributed by atoms with E-state index in [0.717, 1.165) is 37.8 Å². The van der Waals surface area contributed by atoms with E-state index in [0.29, 0.717) is 5.41 Å². The van der Waals surface area contributed by atoms with Gasteiger partial charge in [-0.15, -0.1) is 24.0 Å². The van der Waals surface area contributed by atoms with Crippen LogP contribution in [0.5, 0.6) is 5.75 Å². The Labute approximate surface area is 162 Å². The Morgan fingerprint density at radius 2 is 2.17 bits per heavy atom. The van der Waals surface area contributed by atoms with E-state index in [1.165, 1.54) is 37.8 Å². The molecule has 4 rings (SSSR count). The molecule has 3 aliphatic rings. The van der Waals surface area contributed by atoms with Gasteiger partial charge in [0.1, 0.15) is 11.9 Å². The third kappa shape index (κ3) is 3.51. The molecular weight excluding hydrogens is 413 g/mol. The van der Waals surface area contributed by atoms with E-state index >= 15 is 0 Å². The van der Waals surface area contributed by atoms with Crippen molar-refractivity contribution in [2.45, 2.75) is 45.1 Å². The number of guanidine groups is 1. The van der Waals surface area contributed by atoms with E-state index in [-0.39, 0.29) is 30.1 Å². The lowest BCUT2D eigenvalue weighted by Crippen LogP contribution is -2.43. The summed E-state index contributed by atoms with van der Waals surface area (Å²) < 4.78 is 6.02. The van der Waals surface area contributed by atoms with Crippen molar-refractivity contribution in [2.75, 3.05) is 26.2 Å². The van der Waals surface area contributed by atoms with Crippen molar-refractivity contribution in [1.29, 1.82) is 0 Å². The fraction of sp³-hybridized carbons (Fsp3) is 0.632. The van der Waals surface area contributed by atoms with Gasteiger partial charge in [-0.1, -0.05) is 24.6 Å². The molecule has 132 valence electrons. The van der Waals surface area contributed by atoms with Gasteiger partial charge in [0, 0.05) is 26.1 Å². The van der Waals surface area contributed by atoms with E-state index in [1.807, 2.05) is 6.07 Å². The number of halogens is 1. The maximum atomic E-state index is 6.02. The average Bonchev–Trinajstić information content (AvgIpc) is 3.15. The lowest BCUT2D eigenvalue weighted by molar-refractivity contribution is 0.151. The van der Waals surface area contributed by atoms with Crippen LogP contribution in [0.15, 0.2) is 29.3 Å². The van der Waals surface area contributed by atoms with Crippen molar-refractivity contribution in [3.05, 3.63) is 29.8 Å². The molecule has 1 aromatic rings. The van der Waals surface area contributed by atoms with Crippen LogP contribution in [0.2, 0.25) is 0 Å². The van der Waals surface area contributed by atoms with Crippen LogP contribution in [-0.4, -0.2) is 43.1 Å². The smallest absolute Gasteiger partial charge is 0.194 e. The number of hydrogen-bond acceptors (Lipinski definition) is 2. The Bertz CT molecular complexity index is 575. The molecule has 0 radical (unpaired) electrons. The van der Waals surface area contributed by atoms with Crippen LogP contribution in [0, 0.1) is 5.41 Å². The summed E-state index contributed by atoms with van der Waals surface area (Å²) in [5.41, 5.74) is 1.92. The van der Waals surface area contributed by atoms with E-state index in [4.69, 9.17) is 9.73 Å². The first kappa shape index (κ1) is 17.8. The Morgan fingerprint density at radius 3 is 2.83 bits per heavy atom. The molecule has 0 amide bonds. The van der Waals surface area contributed by atoms with E-state index < -0.39 is 0 Å². The van der Waals surface area contributed by atoms with Gasteiger partial charge in [0.05, 0.1) is 6.54 Å². The van der Waals surface area contributed by atoms with E-state index in [1.54, 1.807) is 0 Å². The molecule has 2 heterocycles. The zero-order valence-corrected chi connectivity index (χ0v) is 16.8. The summed E-state index contributed by atoms with van der Waals surface area (Å²) in [6.45, 7) is 6.14. The molecule has 2 fully saturated rings. The van der Waals surface area contributed by atoms with Crippen LogP contribution < -0.4 is 10.1 Å². The predicted octanol–water partition coefficient (Wildman–Crippen LogP) is 3.45. The molecule has 0 aromatic heterocycles. The molecule has 0 bridgehead atoms. The monoisotopic (exact) mass is 441 g/mol. The average molecular weight is 441 g/mol. The normalized spacial score (nSPS) is 24.1. The van der Waals surface area contributed by atoms with Crippen molar-refractivity contribution in [3.8, 4) is 5.75 Å². The second kappa shape index (κ2) is 7.50. The minimum absolute atomic E-state index is 0. The van der Waals surface area contributed by atoms with Gasteiger partial charge in [-0.05, 0) is 43.2 Å². The lowest BCUT2D eigenvalue weighted by Gasteiger charge is -2.38. The van der Waals surface area contributed by atoms with Crippen LogP contribution in [0.4, 0.5) is 0 Å². The standard InChI is InChI=1S/C19H27N3O.HI/c1-2-20-18(22-11-10-19(14-22)8-5-9-19)21-13-16-12-15-6-3-4-7-17(15)23-16;/h3-4,6-7,16H,2,5,8-14H2,1H3,(H,20,21);1H. The number of rotatable bonds is 3. The summed E-state index contributed by atoms with van der Waals surface area (Å²) in [5.74, 6) is 2.11. The first-order chi connectivity index (χ1) is 11.3. The number of fused-ring (bicyclic) bond motifs is 1. The molecule has 5 heteroatoms. The molecule has 1 atom stereocenters. The molecule has 1 N–H and O–H groups in total. The zero-order valence-electron chi connectivity index (χ0n) is 14.5. The number of likely N-dealkylation sites (tertiary alicyclic amines) is 1. The molecule has 1 aliphatic carbocycles. The highest BCUT2D eigenvalue weighted by Crippen LogP contribution is 2.47. The molecule has 4 nitrogen and oxygen atoms in total. The molecule has 1 aromatic carbocycles. The number of para-hydroxylation sites is 1. The fourth-order valence-corrected chi connectivity index (χ4v) is 4.17. The van der Waals surface area contributed by atoms with Crippen LogP contribution in [-0.2, 0) is 6.42 Å². The van der Waals surface area contributed by atoms with Crippen LogP contribution in [0.3, 0.4) is 0 Å². The highest BCUT2D eigenvalue weighted by molar-refractivity contribution is 14.0. The first-order valence-electron chi connectivity index (χ1n) is 9.06. The summed E-state index contributed by atoms with van der Waals surface area (Å²) in [4.78, 5) is 7.35. The Balaban J connectivity index is 0.00000169. The van der Waals surface area contributed by atoms with Gasteiger partial charge in [-0.2, -0.15) is 0 Å². The van der Waals surface area contributed by atoms with Crippen molar-refractivity contribution in [2.24, 2.45) is 10.4 Å². The third-order valence-corrected chi connectivity index (χ3v) is 5.65. The quantitative estimate of drug-likeness (QED) is 0.444. The Morgan fingerprint density at radius 1 is 1.33 bits per heavy atom. The largest absolute Gasteiger partial charge is 0.488 e. The van der Waals surface area contributed by atoms with Gasteiger partial charge in [0.2, 0.25) is 0 Å². The van der Waals surface area contributed by atoms with Crippen LogP contribution >= 0.6 is 24.0 Å². The molecule has 1 unspecified atom stereocenters. The van der Waals surface area contributed by atoms with Gasteiger partial charge < -0.3 is 15.0 Å². The number of aliphatic imine (C=N–C) groups is 1. The van der Waals surface area contributed by atoms with Gasteiger partial charge >= 0.3 is 0 Å². The SMILES string of the molecule is CCNC(=NCC1Cc2ccccc2O1)N1CCC2(CCC2)C1.I. The summed E-state index contributed by atoms with van der Waals surface area (Å²) in [7, 11) is 0. The molecular formula is C19H28IN3O. The topological polar surface area (TPSA) is 36.9 Å². The number of ether oxygens (including phenoxy) is 1. The third-order valence-electron chi connectivity index (χ3n) is 5.65. The first-order valence-corrected chi connectivity index (χ1v) is 9.06. The predicted molar refractivity (Wildman–Crippen MR) is 108 cm³/mol. The van der Waals surface area contributed by atoms with Gasteiger partial charge in [-0.3, -0.25) is 0 Å². The second-order valence-corrected chi connectivity index (χ2v) is 7.27. The maximum absolute atomic E-state index is 6.02. The van der Waals surface area contributed by atoms with Crippen LogP contribution in [0.1, 0.15) is 38.2 Å². The Hall–Kier alpha value is -0.980. The van der Waals surface area contributed by atoms with Gasteiger partial charge in [0.15, 0.2) is 5.96 Å². The summed E-state index contributed by atoms with van der Waals surface area (Å²) in [5, 5.41) is 3.48. The minimum Gasteiger partial charge on any atom is -0.488 e. The Kier molecular flexibility index (Phi) is 5.57. The molecule has 2 aliphatic heterocycles. The van der Waals surface area contributed by atoms with E-state index in [9.17, 15) is 0 Å². The van der Waals surface area contributed by atoms with Crippen molar-refractivity contribution < 1.29 is 4.74 Å². The number of benzene rings is 1. The zero-order chi connectivity index (χ0) is 15.7. The molecule has 1 spiro atoms. The van der Waals surface area contributed by atoms with Gasteiger partial charge in [0.25, 0.3) is 0 Å². The molecule has 1 saturated heterocycles. The van der Waals surface area contributed by atoms with Gasteiger partial charge in [-0.25, -0.2) is 4.99 Å². The van der Waals surface area contributed by atoms with Crippen molar-refractivity contribution >= 4 is 29.9 Å². The molecule has 1 saturated carbocycles. The number of nitrogens with one attached hydrogen (secondary N) is 1. The van der Waals surface area contributed by atoms with Crippen molar-refractivity contribution in [3.63, 3.8) is 0 Å². The maximum Gasteiger partial charge on any atom is 0.194 e. The van der Waals surface area contributed by atoms with Crippen molar-refractivity contribution in [1.82, 2.24) is 10.2 Å². The van der Waals surface area contributed by atoms with Crippen LogP contribution in [0.25, 0.3) is 0 Å². The highest BCUT2D eigenvalue weighted by Gasteiger charge is 2.43.